The van der Waals surface area contributed by atoms with E-state index in [0.717, 1.165) is 5.69 Å². The maximum absolute atomic E-state index is 13.3. The Bertz CT molecular complexity index is 1330. The first kappa shape index (κ1) is 22.6. The van der Waals surface area contributed by atoms with Gasteiger partial charge in [-0.15, -0.1) is 0 Å². The van der Waals surface area contributed by atoms with E-state index < -0.39 is 5.97 Å². The molecule has 0 bridgehead atoms. The summed E-state index contributed by atoms with van der Waals surface area (Å²) in [6.07, 6.45) is 2.29. The van der Waals surface area contributed by atoms with Gasteiger partial charge in [0.2, 0.25) is 0 Å². The molecule has 1 heterocycles. The van der Waals surface area contributed by atoms with Crippen molar-refractivity contribution >= 4 is 12.3 Å². The average molecular weight is 458 g/mol. The molecule has 4 rings (SSSR count). The van der Waals surface area contributed by atoms with E-state index in [1.807, 2.05) is 30.3 Å². The first-order chi connectivity index (χ1) is 16.6. The number of hydrogen-bond acceptors (Lipinski definition) is 7. The van der Waals surface area contributed by atoms with Gasteiger partial charge in [-0.3, -0.25) is 4.79 Å². The fourth-order valence-electron chi connectivity index (χ4n) is 3.43. The van der Waals surface area contributed by atoms with E-state index in [0.29, 0.717) is 34.6 Å². The maximum Gasteiger partial charge on any atom is 0.347 e. The number of benzene rings is 3. The molecule has 172 valence electrons. The highest BCUT2D eigenvalue weighted by Crippen LogP contribution is 2.34. The second kappa shape index (κ2) is 9.91. The third kappa shape index (κ3) is 4.47. The molecule has 0 aliphatic rings. The monoisotopic (exact) mass is 458 g/mol. The number of esters is 1. The van der Waals surface area contributed by atoms with Crippen LogP contribution < -0.4 is 18.9 Å². The minimum atomic E-state index is -0.635. The third-order valence-electron chi connectivity index (χ3n) is 5.14. The first-order valence-electron chi connectivity index (χ1n) is 10.3. The number of nitrogens with zero attached hydrogens (tertiary/aromatic N) is 2. The third-order valence-corrected chi connectivity index (χ3v) is 5.14. The number of carbonyl (C=O) groups excluding carboxylic acids is 2. The molecular formula is C26H22N2O6. The number of methoxy groups -OCH3 is 3. The highest BCUT2D eigenvalue weighted by atomic mass is 16.6. The van der Waals surface area contributed by atoms with Gasteiger partial charge < -0.3 is 18.9 Å². The van der Waals surface area contributed by atoms with Gasteiger partial charge in [0, 0.05) is 17.3 Å². The zero-order chi connectivity index (χ0) is 24.1. The summed E-state index contributed by atoms with van der Waals surface area (Å²) in [4.78, 5) is 24.4. The van der Waals surface area contributed by atoms with Crippen LogP contribution in [0.2, 0.25) is 0 Å². The smallest absolute Gasteiger partial charge is 0.347 e. The van der Waals surface area contributed by atoms with Crippen LogP contribution in [0.5, 0.6) is 23.0 Å². The van der Waals surface area contributed by atoms with Crippen LogP contribution in [0.15, 0.2) is 72.9 Å². The Labute approximate surface area is 196 Å². The number of aromatic nitrogens is 2. The van der Waals surface area contributed by atoms with Gasteiger partial charge in [0.05, 0.1) is 27.0 Å². The van der Waals surface area contributed by atoms with Gasteiger partial charge in [-0.2, -0.15) is 5.10 Å². The Morgan fingerprint density at radius 3 is 2.18 bits per heavy atom. The normalized spacial score (nSPS) is 10.4. The minimum absolute atomic E-state index is 0.184. The summed E-state index contributed by atoms with van der Waals surface area (Å²) in [5, 5.41) is 4.66. The molecule has 3 aromatic carbocycles. The molecule has 0 unspecified atom stereocenters. The molecule has 0 radical (unpaired) electrons. The lowest BCUT2D eigenvalue weighted by molar-refractivity contribution is 0.0730. The first-order valence-corrected chi connectivity index (χ1v) is 10.3. The van der Waals surface area contributed by atoms with Crippen LogP contribution in [-0.2, 0) is 0 Å². The highest BCUT2D eigenvalue weighted by molar-refractivity contribution is 5.98. The standard InChI is InChI=1S/C26H22N2O6/c1-31-21-12-10-18(14-24(21)33-3)25-20(15-28(27-25)19-7-5-4-6-8-19)26(30)34-22-11-9-17(16-29)13-23(22)32-2/h4-16H,1-3H3. The fraction of sp³-hybridized carbons (Fsp3) is 0.115. The zero-order valence-electron chi connectivity index (χ0n) is 18.8. The summed E-state index contributed by atoms with van der Waals surface area (Å²) in [5.74, 6) is 0.867. The molecule has 0 atom stereocenters. The molecule has 4 aromatic rings. The Morgan fingerprint density at radius 2 is 1.50 bits per heavy atom. The molecule has 0 fully saturated rings. The Balaban J connectivity index is 1.79. The lowest BCUT2D eigenvalue weighted by Gasteiger charge is -2.11. The van der Waals surface area contributed by atoms with Crippen molar-refractivity contribution in [2.24, 2.45) is 0 Å². The van der Waals surface area contributed by atoms with Crippen LogP contribution in [-0.4, -0.2) is 43.4 Å². The number of rotatable bonds is 8. The van der Waals surface area contributed by atoms with Crippen molar-refractivity contribution < 1.29 is 28.5 Å². The van der Waals surface area contributed by atoms with E-state index in [9.17, 15) is 9.59 Å². The Kier molecular flexibility index (Phi) is 6.59. The van der Waals surface area contributed by atoms with Crippen molar-refractivity contribution in [3.05, 3.63) is 84.1 Å². The summed E-state index contributed by atoms with van der Waals surface area (Å²) >= 11 is 0. The molecule has 8 heteroatoms. The number of para-hydroxylation sites is 1. The lowest BCUT2D eigenvalue weighted by atomic mass is 10.1. The van der Waals surface area contributed by atoms with Crippen molar-refractivity contribution in [3.8, 4) is 39.9 Å². The quantitative estimate of drug-likeness (QED) is 0.217. The van der Waals surface area contributed by atoms with E-state index in [4.69, 9.17) is 18.9 Å². The van der Waals surface area contributed by atoms with Crippen molar-refractivity contribution in [1.29, 1.82) is 0 Å². The summed E-state index contributed by atoms with van der Waals surface area (Å²) < 4.78 is 23.3. The molecule has 0 aliphatic heterocycles. The molecule has 0 saturated carbocycles. The van der Waals surface area contributed by atoms with E-state index >= 15 is 0 Å². The SMILES string of the molecule is COc1ccc(-c2nn(-c3ccccc3)cc2C(=O)Oc2ccc(C=O)cc2OC)cc1OC. The highest BCUT2D eigenvalue weighted by Gasteiger charge is 2.23. The van der Waals surface area contributed by atoms with Crippen LogP contribution >= 0.6 is 0 Å². The van der Waals surface area contributed by atoms with E-state index in [1.165, 1.54) is 26.4 Å². The van der Waals surface area contributed by atoms with Crippen LogP contribution in [0.1, 0.15) is 20.7 Å². The number of aldehydes is 1. The summed E-state index contributed by atoms with van der Waals surface area (Å²) in [6, 6.07) is 19.2. The molecule has 0 spiro atoms. The van der Waals surface area contributed by atoms with Crippen molar-refractivity contribution in [1.82, 2.24) is 9.78 Å². The van der Waals surface area contributed by atoms with E-state index in [2.05, 4.69) is 5.10 Å². The predicted octanol–water partition coefficient (Wildman–Crippen LogP) is 4.60. The van der Waals surface area contributed by atoms with Gasteiger partial charge in [0.25, 0.3) is 0 Å². The number of ether oxygens (including phenoxy) is 4. The molecule has 0 amide bonds. The topological polar surface area (TPSA) is 88.9 Å². The second-order valence-electron chi connectivity index (χ2n) is 7.16. The minimum Gasteiger partial charge on any atom is -0.493 e. The van der Waals surface area contributed by atoms with Crippen molar-refractivity contribution in [2.45, 2.75) is 0 Å². The average Bonchev–Trinajstić information content (AvgIpc) is 3.34. The summed E-state index contributed by atoms with van der Waals surface area (Å²) in [6.45, 7) is 0. The molecule has 1 aromatic heterocycles. The lowest BCUT2D eigenvalue weighted by Crippen LogP contribution is -2.10. The Morgan fingerprint density at radius 1 is 0.824 bits per heavy atom. The van der Waals surface area contributed by atoms with Gasteiger partial charge in [-0.1, -0.05) is 18.2 Å². The molecule has 34 heavy (non-hydrogen) atoms. The van der Waals surface area contributed by atoms with Crippen molar-refractivity contribution in [2.75, 3.05) is 21.3 Å². The van der Waals surface area contributed by atoms with Crippen LogP contribution in [0.25, 0.3) is 16.9 Å². The van der Waals surface area contributed by atoms with E-state index in [1.54, 1.807) is 42.3 Å². The number of carbonyl (C=O) groups is 2. The van der Waals surface area contributed by atoms with Gasteiger partial charge in [0.15, 0.2) is 23.0 Å². The molecule has 0 N–H and O–H groups in total. The van der Waals surface area contributed by atoms with Gasteiger partial charge in [-0.05, 0) is 48.5 Å². The molecule has 0 aliphatic carbocycles. The van der Waals surface area contributed by atoms with Crippen LogP contribution in [0.4, 0.5) is 0 Å². The second-order valence-corrected chi connectivity index (χ2v) is 7.16. The summed E-state index contributed by atoms with van der Waals surface area (Å²) in [5.41, 5.74) is 2.45. The zero-order valence-corrected chi connectivity index (χ0v) is 18.8. The molecule has 0 saturated heterocycles. The van der Waals surface area contributed by atoms with Gasteiger partial charge >= 0.3 is 5.97 Å². The molecule has 8 nitrogen and oxygen atoms in total. The maximum atomic E-state index is 13.3. The predicted molar refractivity (Wildman–Crippen MR) is 125 cm³/mol. The molecular weight excluding hydrogens is 436 g/mol. The van der Waals surface area contributed by atoms with Crippen LogP contribution in [0, 0.1) is 0 Å². The Hall–Kier alpha value is -4.59. The summed E-state index contributed by atoms with van der Waals surface area (Å²) in [7, 11) is 4.52. The fourth-order valence-corrected chi connectivity index (χ4v) is 3.43. The van der Waals surface area contributed by atoms with Crippen LogP contribution in [0.3, 0.4) is 0 Å². The number of hydrogen-bond donors (Lipinski definition) is 0. The largest absolute Gasteiger partial charge is 0.493 e. The van der Waals surface area contributed by atoms with Gasteiger partial charge in [0.1, 0.15) is 17.5 Å². The van der Waals surface area contributed by atoms with Gasteiger partial charge in [-0.25, -0.2) is 9.48 Å². The van der Waals surface area contributed by atoms with E-state index in [-0.39, 0.29) is 17.1 Å². The van der Waals surface area contributed by atoms with Crippen molar-refractivity contribution in [3.63, 3.8) is 0 Å².